The number of benzene rings is 1. The van der Waals surface area contributed by atoms with Crippen LogP contribution in [0.2, 0.25) is 0 Å². The van der Waals surface area contributed by atoms with E-state index in [0.717, 1.165) is 19.3 Å². The Morgan fingerprint density at radius 3 is 2.51 bits per heavy atom. The number of hydrogen-bond donors (Lipinski definition) is 1. The highest BCUT2D eigenvalue weighted by Gasteiger charge is 2.63. The number of ketones is 1. The van der Waals surface area contributed by atoms with E-state index >= 15 is 0 Å². The third-order valence-corrected chi connectivity index (χ3v) is 16.1. The number of Topliss-reactive ketones (excluding diaryl/α,β-unsaturated/α-hetero) is 1. The number of carbonyl (C=O) groups excluding carboxylic acids is 4. The summed E-state index contributed by atoms with van der Waals surface area (Å²) in [6.07, 6.45) is 10.5. The van der Waals surface area contributed by atoms with Gasteiger partial charge in [-0.3, -0.25) is 23.9 Å². The topological polar surface area (TPSA) is 158 Å². The fourth-order valence-corrected chi connectivity index (χ4v) is 11.2. The summed E-state index contributed by atoms with van der Waals surface area (Å²) in [5, 5.41) is 0.929. The van der Waals surface area contributed by atoms with E-state index in [1.54, 1.807) is 13.0 Å². The summed E-state index contributed by atoms with van der Waals surface area (Å²) in [5.41, 5.74) is -1.30. The number of esters is 1. The van der Waals surface area contributed by atoms with Crippen molar-refractivity contribution in [2.75, 3.05) is 13.7 Å². The Hall–Kier alpha value is -4.07. The number of hydrogen-bond acceptors (Lipinski definition) is 10. The van der Waals surface area contributed by atoms with Crippen molar-refractivity contribution < 1.29 is 46.2 Å². The van der Waals surface area contributed by atoms with Crippen LogP contribution in [0.3, 0.4) is 0 Å². The predicted octanol–water partition coefficient (Wildman–Crippen LogP) is 6.06. The first kappa shape index (κ1) is 39.7. The summed E-state index contributed by atoms with van der Waals surface area (Å²) in [6, 6.07) is 3.21. The van der Waals surface area contributed by atoms with Crippen molar-refractivity contribution in [2.24, 2.45) is 40.9 Å². The maximum Gasteiger partial charge on any atom is 0.306 e. The van der Waals surface area contributed by atoms with Gasteiger partial charge in [0.2, 0.25) is 27.7 Å². The maximum absolute atomic E-state index is 15.0. The summed E-state index contributed by atoms with van der Waals surface area (Å²) in [5.74, 6) is -1.96. The smallest absolute Gasteiger partial charge is 0.306 e. The molecule has 1 unspecified atom stereocenters. The molecule has 4 aliphatic carbocycles. The zero-order valence-corrected chi connectivity index (χ0v) is 34.0. The van der Waals surface area contributed by atoms with Crippen molar-refractivity contribution in [3.05, 3.63) is 42.4 Å². The van der Waals surface area contributed by atoms with Gasteiger partial charge in [-0.25, -0.2) is 17.8 Å². The molecule has 1 N–H and O–H groups in total. The number of aromatic nitrogens is 1. The molecule has 3 heterocycles. The predicted molar refractivity (Wildman–Crippen MR) is 208 cm³/mol. The SMILES string of the molecule is COc1cc(F)cc2c(O[C@@H]3C[C@H]4C(=O)C[C@]5(C(=O)NS(=O)(=O)C6(C)CC6)C[C@H]5/C=C\CC[C@@H](C)C[C@@H](C)[C@H](CC(=O)OC5C[C@@H]6C[C@@H]6C5)C(=O)N4C3)nccc12. The summed E-state index contributed by atoms with van der Waals surface area (Å²) in [4.78, 5) is 63.1. The molecule has 10 atom stereocenters. The molecule has 57 heavy (non-hydrogen) atoms. The Balaban J connectivity index is 1.11. The molecule has 8 rings (SSSR count). The number of pyridine rings is 1. The number of fused-ring (bicyclic) bond motifs is 4. The van der Waals surface area contributed by atoms with Crippen LogP contribution in [0, 0.1) is 46.7 Å². The van der Waals surface area contributed by atoms with Crippen molar-refractivity contribution in [1.29, 1.82) is 0 Å². The standard InChI is InChI=1S/C43H54FN3O9S/c1-24-7-5-6-8-28-21-43(28,41(51)46-57(52,53)42(3)10-11-42)22-36(48)35-19-31(56-39-34-17-29(44)18-37(54-4)32(34)9-12-45-39)23-47(35)40(50)33(25(2)13-24)20-38(49)55-30-15-26-14-27(26)16-30/h6,8-9,12,17-18,24-28,30-31,33,35H,5,7,10-11,13-16,19-23H2,1-4H3,(H,46,51)/b8-6-/t24-,25-,26-,27+,28-,30?,31-,33+,35+,43-/m1/s1. The van der Waals surface area contributed by atoms with Gasteiger partial charge in [0.15, 0.2) is 5.78 Å². The van der Waals surface area contributed by atoms with Crippen LogP contribution in [0.4, 0.5) is 4.39 Å². The first-order chi connectivity index (χ1) is 27.1. The van der Waals surface area contributed by atoms with E-state index in [9.17, 15) is 32.0 Å². The second-order valence-corrected chi connectivity index (χ2v) is 20.5. The van der Waals surface area contributed by atoms with E-state index in [1.807, 2.05) is 19.1 Å². The third kappa shape index (κ3) is 7.91. The van der Waals surface area contributed by atoms with Crippen molar-refractivity contribution in [1.82, 2.24) is 14.6 Å². The molecular formula is C43H54FN3O9S. The van der Waals surface area contributed by atoms with Gasteiger partial charge in [0, 0.05) is 30.5 Å². The van der Waals surface area contributed by atoms with Gasteiger partial charge in [0.05, 0.1) is 47.6 Å². The van der Waals surface area contributed by atoms with Gasteiger partial charge in [-0.15, -0.1) is 0 Å². The van der Waals surface area contributed by atoms with Crippen LogP contribution in [0.25, 0.3) is 10.8 Å². The normalized spacial score (nSPS) is 35.2. The Morgan fingerprint density at radius 2 is 1.79 bits per heavy atom. The zero-order chi connectivity index (χ0) is 40.4. The lowest BCUT2D eigenvalue weighted by Crippen LogP contribution is -2.48. The van der Waals surface area contributed by atoms with Gasteiger partial charge < -0.3 is 19.1 Å². The van der Waals surface area contributed by atoms with Crippen molar-refractivity contribution in [3.63, 3.8) is 0 Å². The molecule has 4 saturated carbocycles. The molecule has 2 aromatic rings. The number of methoxy groups -OCH3 is 1. The minimum Gasteiger partial charge on any atom is -0.496 e. The first-order valence-electron chi connectivity index (χ1n) is 20.6. The number of sulfonamides is 1. The van der Waals surface area contributed by atoms with Gasteiger partial charge in [0.1, 0.15) is 23.8 Å². The van der Waals surface area contributed by atoms with E-state index in [-0.39, 0.29) is 61.5 Å². The molecule has 5 fully saturated rings. The van der Waals surface area contributed by atoms with Crippen LogP contribution in [0.1, 0.15) is 97.8 Å². The second kappa shape index (κ2) is 14.9. The van der Waals surface area contributed by atoms with Crippen molar-refractivity contribution in [3.8, 4) is 11.6 Å². The first-order valence-corrected chi connectivity index (χ1v) is 22.1. The molecule has 308 valence electrons. The monoisotopic (exact) mass is 807 g/mol. The van der Waals surface area contributed by atoms with E-state index in [4.69, 9.17) is 14.2 Å². The Morgan fingerprint density at radius 1 is 1.04 bits per heavy atom. The Bertz CT molecular complexity index is 2100. The van der Waals surface area contributed by atoms with Crippen LogP contribution in [-0.2, 0) is 33.9 Å². The minimum atomic E-state index is -3.97. The van der Waals surface area contributed by atoms with Crippen LogP contribution < -0.4 is 14.2 Å². The van der Waals surface area contributed by atoms with Gasteiger partial charge in [0.25, 0.3) is 0 Å². The summed E-state index contributed by atoms with van der Waals surface area (Å²) in [6.45, 7) is 5.68. The zero-order valence-electron chi connectivity index (χ0n) is 33.2. The second-order valence-electron chi connectivity index (χ2n) is 18.3. The lowest BCUT2D eigenvalue weighted by Gasteiger charge is -2.32. The number of allylic oxidation sites excluding steroid dienone is 2. The molecule has 14 heteroatoms. The highest BCUT2D eigenvalue weighted by Crippen LogP contribution is 2.58. The lowest BCUT2D eigenvalue weighted by atomic mass is 9.82. The van der Waals surface area contributed by atoms with Crippen LogP contribution in [0.5, 0.6) is 11.6 Å². The molecule has 6 aliphatic rings. The molecule has 1 aromatic heterocycles. The lowest BCUT2D eigenvalue weighted by molar-refractivity contribution is -0.155. The summed E-state index contributed by atoms with van der Waals surface area (Å²) in [7, 11) is -2.54. The molecule has 1 saturated heterocycles. The number of halogens is 1. The molecular weight excluding hydrogens is 754 g/mol. The van der Waals surface area contributed by atoms with Crippen molar-refractivity contribution in [2.45, 2.75) is 121 Å². The average Bonchev–Trinajstić information content (AvgIpc) is 4.12. The van der Waals surface area contributed by atoms with Crippen molar-refractivity contribution >= 4 is 44.4 Å². The Kier molecular flexibility index (Phi) is 10.4. The number of nitrogens with one attached hydrogen (secondary N) is 1. The number of rotatable bonds is 9. The highest BCUT2D eigenvalue weighted by atomic mass is 32.2. The quantitative estimate of drug-likeness (QED) is 0.234. The molecule has 12 nitrogen and oxygen atoms in total. The molecule has 2 amide bonds. The van der Waals surface area contributed by atoms with Gasteiger partial charge in [-0.05, 0) is 106 Å². The van der Waals surface area contributed by atoms with Gasteiger partial charge >= 0.3 is 5.97 Å². The number of amides is 2. The van der Waals surface area contributed by atoms with E-state index in [1.165, 1.54) is 36.8 Å². The molecule has 0 spiro atoms. The molecule has 1 aromatic carbocycles. The van der Waals surface area contributed by atoms with E-state index in [2.05, 4.69) is 16.6 Å². The largest absolute Gasteiger partial charge is 0.496 e. The average molecular weight is 808 g/mol. The third-order valence-electron chi connectivity index (χ3n) is 13.9. The van der Waals surface area contributed by atoms with Gasteiger partial charge in [-0.1, -0.05) is 26.0 Å². The highest BCUT2D eigenvalue weighted by molar-refractivity contribution is 7.91. The Labute approximate surface area is 333 Å². The molecule has 0 radical (unpaired) electrons. The van der Waals surface area contributed by atoms with Crippen LogP contribution in [0.15, 0.2) is 36.5 Å². The van der Waals surface area contributed by atoms with Crippen LogP contribution in [-0.4, -0.2) is 78.5 Å². The fraction of sp³-hybridized carbons (Fsp3) is 0.651. The van der Waals surface area contributed by atoms with Crippen LogP contribution >= 0.6 is 0 Å². The number of nitrogens with zero attached hydrogens (tertiary/aromatic N) is 2. The number of ether oxygens (including phenoxy) is 3. The number of carbonyl (C=O) groups is 4. The summed E-state index contributed by atoms with van der Waals surface area (Å²) >= 11 is 0. The van der Waals surface area contributed by atoms with E-state index < -0.39 is 61.7 Å². The molecule has 2 aliphatic heterocycles. The molecule has 0 bridgehead atoms. The summed E-state index contributed by atoms with van der Waals surface area (Å²) < 4.78 is 60.3. The van der Waals surface area contributed by atoms with E-state index in [0.29, 0.717) is 60.5 Å². The fourth-order valence-electron chi connectivity index (χ4n) is 9.87. The maximum atomic E-state index is 15.0. The van der Waals surface area contributed by atoms with Gasteiger partial charge in [-0.2, -0.15) is 0 Å². The minimum absolute atomic E-state index is 0.0190.